The van der Waals surface area contributed by atoms with Gasteiger partial charge in [0.15, 0.2) is 5.58 Å². The summed E-state index contributed by atoms with van der Waals surface area (Å²) in [6, 6.07) is 70.0. The van der Waals surface area contributed by atoms with Gasteiger partial charge in [-0.1, -0.05) is 129 Å². The van der Waals surface area contributed by atoms with Gasteiger partial charge in [0.2, 0.25) is 5.89 Å². The average Bonchev–Trinajstić information content (AvgIpc) is 4.10. The Kier molecular flexibility index (Phi) is 7.85. The van der Waals surface area contributed by atoms with E-state index in [2.05, 4.69) is 181 Å². The van der Waals surface area contributed by atoms with Gasteiger partial charge in [-0.3, -0.25) is 0 Å². The Hall–Kier alpha value is -8.35. The van der Waals surface area contributed by atoms with Crippen molar-refractivity contribution < 1.29 is 13.3 Å². The molecule has 6 heteroatoms. The summed E-state index contributed by atoms with van der Waals surface area (Å²) in [6.07, 6.45) is 0. The first-order chi connectivity index (χ1) is 31.5. The fourth-order valence-electron chi connectivity index (χ4n) is 10.1. The number of anilines is 6. The molecular formula is C58H39N3O3. The van der Waals surface area contributed by atoms with Crippen LogP contribution in [0.25, 0.3) is 77.6 Å². The van der Waals surface area contributed by atoms with Gasteiger partial charge in [-0.15, -0.1) is 0 Å². The molecule has 9 aromatic carbocycles. The lowest BCUT2D eigenvalue weighted by Gasteiger charge is -2.31. The lowest BCUT2D eigenvalue weighted by molar-refractivity contribution is 0.620. The van der Waals surface area contributed by atoms with Gasteiger partial charge in [-0.2, -0.15) is 0 Å². The third kappa shape index (κ3) is 5.42. The summed E-state index contributed by atoms with van der Waals surface area (Å²) in [5.41, 5.74) is 16.2. The summed E-state index contributed by atoms with van der Waals surface area (Å²) < 4.78 is 19.9. The highest BCUT2D eigenvalue weighted by Gasteiger charge is 2.38. The van der Waals surface area contributed by atoms with E-state index < -0.39 is 0 Å². The molecule has 0 aliphatic heterocycles. The molecule has 0 N–H and O–H groups in total. The average molecular weight is 826 g/mol. The zero-order chi connectivity index (χ0) is 42.5. The third-order valence-corrected chi connectivity index (χ3v) is 13.1. The fraction of sp³-hybridized carbons (Fsp3) is 0.0517. The van der Waals surface area contributed by atoms with Gasteiger partial charge in [0, 0.05) is 55.1 Å². The fourth-order valence-corrected chi connectivity index (χ4v) is 10.1. The Labute approximate surface area is 368 Å². The van der Waals surface area contributed by atoms with E-state index in [0.717, 1.165) is 89.1 Å². The zero-order valence-corrected chi connectivity index (χ0v) is 35.1. The second kappa shape index (κ2) is 13.8. The van der Waals surface area contributed by atoms with Crippen molar-refractivity contribution >= 4 is 89.1 Å². The number of para-hydroxylation sites is 4. The maximum Gasteiger partial charge on any atom is 0.228 e. The van der Waals surface area contributed by atoms with Gasteiger partial charge in [0.1, 0.15) is 27.8 Å². The number of furan rings is 2. The van der Waals surface area contributed by atoms with E-state index in [9.17, 15) is 0 Å². The first-order valence-electron chi connectivity index (χ1n) is 21.7. The number of hydrogen-bond acceptors (Lipinski definition) is 6. The number of hydrogen-bond donors (Lipinski definition) is 0. The van der Waals surface area contributed by atoms with Crippen LogP contribution in [0.15, 0.2) is 213 Å². The summed E-state index contributed by atoms with van der Waals surface area (Å²) in [6.45, 7) is 4.65. The predicted molar refractivity (Wildman–Crippen MR) is 261 cm³/mol. The van der Waals surface area contributed by atoms with Crippen molar-refractivity contribution in [2.75, 3.05) is 9.80 Å². The van der Waals surface area contributed by atoms with Crippen LogP contribution in [-0.2, 0) is 5.41 Å². The number of benzene rings is 9. The molecule has 1 aliphatic carbocycles. The summed E-state index contributed by atoms with van der Waals surface area (Å²) in [5.74, 6) is 0.515. The number of fused-ring (bicyclic) bond motifs is 10. The van der Waals surface area contributed by atoms with Gasteiger partial charge in [0.25, 0.3) is 0 Å². The first-order valence-corrected chi connectivity index (χ1v) is 21.7. The van der Waals surface area contributed by atoms with Crippen LogP contribution in [0.2, 0.25) is 0 Å². The highest BCUT2D eigenvalue weighted by Crippen LogP contribution is 2.55. The molecular weight excluding hydrogens is 787 g/mol. The number of rotatable bonds is 7. The molecule has 64 heavy (non-hydrogen) atoms. The lowest BCUT2D eigenvalue weighted by atomic mass is 9.82. The quantitative estimate of drug-likeness (QED) is 0.160. The summed E-state index contributed by atoms with van der Waals surface area (Å²) in [4.78, 5) is 10.1. The smallest absolute Gasteiger partial charge is 0.228 e. The normalized spacial score (nSPS) is 13.0. The zero-order valence-electron chi connectivity index (χ0n) is 35.1. The van der Waals surface area contributed by atoms with Crippen molar-refractivity contribution in [2.24, 2.45) is 0 Å². The third-order valence-electron chi connectivity index (χ3n) is 13.1. The van der Waals surface area contributed by atoms with E-state index in [1.54, 1.807) is 0 Å². The van der Waals surface area contributed by atoms with E-state index in [-0.39, 0.29) is 5.41 Å². The van der Waals surface area contributed by atoms with E-state index in [0.29, 0.717) is 11.5 Å². The second-order valence-corrected chi connectivity index (χ2v) is 17.1. The maximum atomic E-state index is 7.18. The Bertz CT molecular complexity index is 3790. The van der Waals surface area contributed by atoms with Crippen LogP contribution < -0.4 is 9.80 Å². The summed E-state index contributed by atoms with van der Waals surface area (Å²) >= 11 is 0. The van der Waals surface area contributed by atoms with E-state index in [1.165, 1.54) is 22.3 Å². The largest absolute Gasteiger partial charge is 0.456 e. The highest BCUT2D eigenvalue weighted by molar-refractivity contribution is 6.12. The van der Waals surface area contributed by atoms with Crippen LogP contribution in [0.5, 0.6) is 0 Å². The minimum Gasteiger partial charge on any atom is -0.456 e. The van der Waals surface area contributed by atoms with Crippen LogP contribution in [-0.4, -0.2) is 4.98 Å². The molecule has 13 rings (SSSR count). The Morgan fingerprint density at radius 1 is 0.406 bits per heavy atom. The number of oxazole rings is 1. The van der Waals surface area contributed by atoms with Gasteiger partial charge in [-0.05, 0) is 102 Å². The molecule has 0 bridgehead atoms. The Balaban J connectivity index is 1.12. The SMILES string of the molecule is CC1(C)c2ccccc2-c2c(N(c3ccccc3)c3cc(N(c4ccccc4)c4ccc5oc6ccccc6c5c4)cc4nc(-c5cccc6oc7ccccc7c56)oc34)cccc21. The molecule has 3 heterocycles. The molecule has 0 fully saturated rings. The molecule has 3 aromatic heterocycles. The maximum absolute atomic E-state index is 7.18. The molecule has 0 amide bonds. The van der Waals surface area contributed by atoms with Gasteiger partial charge >= 0.3 is 0 Å². The Morgan fingerprint density at radius 2 is 1.02 bits per heavy atom. The molecule has 0 unspecified atom stereocenters. The number of nitrogens with zero attached hydrogens (tertiary/aromatic N) is 3. The lowest BCUT2D eigenvalue weighted by Crippen LogP contribution is -2.16. The van der Waals surface area contributed by atoms with Crippen molar-refractivity contribution in [1.82, 2.24) is 4.98 Å². The van der Waals surface area contributed by atoms with Gasteiger partial charge < -0.3 is 23.1 Å². The molecule has 1 aliphatic rings. The van der Waals surface area contributed by atoms with Crippen molar-refractivity contribution in [3.63, 3.8) is 0 Å². The van der Waals surface area contributed by atoms with E-state index in [1.807, 2.05) is 42.5 Å². The van der Waals surface area contributed by atoms with Gasteiger partial charge in [0.05, 0.1) is 17.1 Å². The van der Waals surface area contributed by atoms with Crippen LogP contribution in [0.1, 0.15) is 25.0 Å². The molecule has 0 saturated carbocycles. The molecule has 304 valence electrons. The minimum atomic E-state index is -0.201. The van der Waals surface area contributed by atoms with Crippen molar-refractivity contribution in [3.8, 4) is 22.6 Å². The molecule has 0 atom stereocenters. The standard InChI is InChI=1S/C58H39N3O3/c1-58(2)45-25-12-9-22-41(45)55-46(58)26-16-27-48(55)61(37-19-7-4-8-20-37)49-35-39(34-47-56(49)64-57(59-47)43-24-15-30-53-54(43)42-23-11-14-29-51(42)63-53)60(36-17-5-3-6-18-36)38-31-32-52-44(33-38)40-21-10-13-28-50(40)62-52/h3-35H,1-2H3. The van der Waals surface area contributed by atoms with Crippen LogP contribution in [0.3, 0.4) is 0 Å². The van der Waals surface area contributed by atoms with Crippen molar-refractivity contribution in [2.45, 2.75) is 19.3 Å². The van der Waals surface area contributed by atoms with Crippen LogP contribution >= 0.6 is 0 Å². The van der Waals surface area contributed by atoms with Crippen LogP contribution in [0, 0.1) is 0 Å². The molecule has 6 nitrogen and oxygen atoms in total. The van der Waals surface area contributed by atoms with Crippen LogP contribution in [0.4, 0.5) is 34.1 Å². The van der Waals surface area contributed by atoms with Gasteiger partial charge in [-0.25, -0.2) is 4.98 Å². The summed E-state index contributed by atoms with van der Waals surface area (Å²) in [5, 5.41) is 4.10. The monoisotopic (exact) mass is 825 g/mol. The topological polar surface area (TPSA) is 58.8 Å². The van der Waals surface area contributed by atoms with Crippen molar-refractivity contribution in [3.05, 3.63) is 211 Å². The molecule has 0 radical (unpaired) electrons. The summed E-state index contributed by atoms with van der Waals surface area (Å²) in [7, 11) is 0. The van der Waals surface area contributed by atoms with E-state index >= 15 is 0 Å². The Morgan fingerprint density at radius 3 is 1.83 bits per heavy atom. The predicted octanol–water partition coefficient (Wildman–Crippen LogP) is 16.5. The molecule has 0 spiro atoms. The second-order valence-electron chi connectivity index (χ2n) is 17.1. The molecule has 12 aromatic rings. The van der Waals surface area contributed by atoms with Crippen molar-refractivity contribution in [1.29, 1.82) is 0 Å². The first kappa shape index (κ1) is 36.3. The minimum absolute atomic E-state index is 0.201. The van der Waals surface area contributed by atoms with E-state index in [4.69, 9.17) is 18.2 Å². The highest BCUT2D eigenvalue weighted by atomic mass is 16.4. The molecule has 0 saturated heterocycles. The number of aromatic nitrogens is 1.